The smallest absolute Gasteiger partial charge is 0.228 e. The average molecular weight is 402 g/mol. The van der Waals surface area contributed by atoms with E-state index in [2.05, 4.69) is 48.0 Å². The number of primary amides is 1. The van der Waals surface area contributed by atoms with E-state index in [4.69, 9.17) is 19.8 Å². The van der Waals surface area contributed by atoms with Crippen LogP contribution in [0.1, 0.15) is 38.0 Å². The summed E-state index contributed by atoms with van der Waals surface area (Å²) in [4.78, 5) is 26.3. The molecule has 3 heterocycles. The zero-order valence-electron chi connectivity index (χ0n) is 16.5. The fraction of sp³-hybridized carbons (Fsp3) is 0.474. The Labute approximate surface area is 168 Å². The van der Waals surface area contributed by atoms with Crippen LogP contribution >= 0.6 is 11.3 Å². The minimum absolute atomic E-state index is 0.250. The maximum absolute atomic E-state index is 8.58. The number of hydrogen-bond acceptors (Lipinski definition) is 7. The molecule has 0 spiro atoms. The summed E-state index contributed by atoms with van der Waals surface area (Å²) in [6.45, 7) is 11.3. The van der Waals surface area contributed by atoms with E-state index < -0.39 is 0 Å². The van der Waals surface area contributed by atoms with Crippen molar-refractivity contribution < 1.29 is 4.79 Å². The van der Waals surface area contributed by atoms with Crippen molar-refractivity contribution in [1.29, 1.82) is 0 Å². The molecule has 8 nitrogen and oxygen atoms in total. The van der Waals surface area contributed by atoms with E-state index in [1.54, 1.807) is 11.3 Å². The second kappa shape index (κ2) is 8.55. The normalized spacial score (nSPS) is 18.8. The van der Waals surface area contributed by atoms with Crippen molar-refractivity contribution in [1.82, 2.24) is 20.8 Å². The molecule has 9 heteroatoms. The number of aliphatic imine (C=N–C) groups is 1. The van der Waals surface area contributed by atoms with Gasteiger partial charge in [0.15, 0.2) is 5.82 Å². The number of hydrogen-bond donors (Lipinski definition) is 3. The molecule has 150 valence electrons. The Morgan fingerprint density at radius 1 is 1.39 bits per heavy atom. The van der Waals surface area contributed by atoms with Crippen LogP contribution in [0.5, 0.6) is 0 Å². The number of carbonyl (C=O) groups excluding carboxylic acids is 1. The summed E-state index contributed by atoms with van der Waals surface area (Å²) in [5, 5.41) is 0. The number of amidine groups is 1. The molecule has 2 fully saturated rings. The number of carbonyl (C=O) groups is 1. The van der Waals surface area contributed by atoms with Crippen molar-refractivity contribution in [3.8, 4) is 0 Å². The Hall–Kier alpha value is -2.68. The summed E-state index contributed by atoms with van der Waals surface area (Å²) in [6, 6.07) is 2.61. The lowest BCUT2D eigenvalue weighted by molar-refractivity contribution is -0.106. The molecule has 4 rings (SSSR count). The first-order valence-corrected chi connectivity index (χ1v) is 10.2. The van der Waals surface area contributed by atoms with Gasteiger partial charge < -0.3 is 16.1 Å². The number of hydrazine groups is 1. The number of aromatic nitrogens is 2. The number of thiophene rings is 1. The van der Waals surface area contributed by atoms with Crippen LogP contribution in [-0.4, -0.2) is 34.8 Å². The molecule has 1 unspecified atom stereocenters. The van der Waals surface area contributed by atoms with Gasteiger partial charge in [-0.05, 0) is 52.0 Å². The van der Waals surface area contributed by atoms with Gasteiger partial charge in [0, 0.05) is 23.2 Å². The fourth-order valence-corrected chi connectivity index (χ4v) is 3.82. The molecule has 1 amide bonds. The highest BCUT2D eigenvalue weighted by Gasteiger charge is 2.27. The lowest BCUT2D eigenvalue weighted by atomic mass is 10.1. The minimum atomic E-state index is 0.250. The standard InChI is InChI=1S/C18H24N6S.CH3NO/c1-10-7-8-24(10)18-20-15-9-11(2)25-16(15)17(21-18)19-13(4)23-22-12(3)14-5-6-14;2-1-3/h9-10,14,22H,3,5-8H2,1-2,4H3,(H,19,20,21,23);1H,(H2,2,3). The molecule has 0 aromatic carbocycles. The van der Waals surface area contributed by atoms with Crippen LogP contribution in [0.2, 0.25) is 0 Å². The molecule has 0 bridgehead atoms. The monoisotopic (exact) mass is 401 g/mol. The second-order valence-corrected chi connectivity index (χ2v) is 8.39. The molecular weight excluding hydrogens is 374 g/mol. The predicted molar refractivity (Wildman–Crippen MR) is 115 cm³/mol. The van der Waals surface area contributed by atoms with Gasteiger partial charge in [-0.15, -0.1) is 11.3 Å². The molecule has 2 aromatic rings. The van der Waals surface area contributed by atoms with Crippen molar-refractivity contribution in [2.24, 2.45) is 16.6 Å². The van der Waals surface area contributed by atoms with Crippen molar-refractivity contribution in [3.05, 3.63) is 23.2 Å². The maximum atomic E-state index is 8.58. The number of nitrogens with one attached hydrogen (secondary N) is 2. The third-order valence-corrected chi connectivity index (χ3v) is 5.83. The molecule has 28 heavy (non-hydrogen) atoms. The third kappa shape index (κ3) is 4.59. The van der Waals surface area contributed by atoms with Crippen LogP contribution < -0.4 is 21.5 Å². The number of allylic oxidation sites excluding steroid dienone is 1. The molecular formula is C19H27N7OS. The van der Waals surface area contributed by atoms with Crippen LogP contribution in [0.25, 0.3) is 10.2 Å². The van der Waals surface area contributed by atoms with E-state index in [1.165, 1.54) is 24.1 Å². The van der Waals surface area contributed by atoms with E-state index in [0.29, 0.717) is 12.0 Å². The highest BCUT2D eigenvalue weighted by molar-refractivity contribution is 7.19. The van der Waals surface area contributed by atoms with Gasteiger partial charge in [0.2, 0.25) is 12.4 Å². The number of rotatable bonds is 5. The summed E-state index contributed by atoms with van der Waals surface area (Å²) in [5.74, 6) is 2.90. The van der Waals surface area contributed by atoms with Crippen molar-refractivity contribution in [2.45, 2.75) is 46.1 Å². The van der Waals surface area contributed by atoms with Crippen LogP contribution in [0.3, 0.4) is 0 Å². The number of nitrogens with zero attached hydrogens (tertiary/aromatic N) is 4. The first-order valence-electron chi connectivity index (χ1n) is 9.39. The Morgan fingerprint density at radius 3 is 2.68 bits per heavy atom. The lowest BCUT2D eigenvalue weighted by Gasteiger charge is -2.38. The first-order chi connectivity index (χ1) is 13.4. The van der Waals surface area contributed by atoms with Gasteiger partial charge in [0.25, 0.3) is 0 Å². The van der Waals surface area contributed by atoms with Gasteiger partial charge in [-0.3, -0.25) is 10.2 Å². The molecule has 1 saturated carbocycles. The SMILES string of the molecule is C=C(NNC(C)=Nc1nc(N2CCC2C)nc2cc(C)sc12)C1CC1.NC=O. The summed E-state index contributed by atoms with van der Waals surface area (Å²) in [5.41, 5.74) is 12.5. The molecule has 1 aliphatic heterocycles. The van der Waals surface area contributed by atoms with Crippen molar-refractivity contribution >= 4 is 45.6 Å². The Balaban J connectivity index is 0.000000706. The number of fused-ring (bicyclic) bond motifs is 1. The largest absolute Gasteiger partial charge is 0.372 e. The van der Waals surface area contributed by atoms with E-state index in [0.717, 1.165) is 40.1 Å². The molecule has 2 aromatic heterocycles. The van der Waals surface area contributed by atoms with Crippen LogP contribution in [0.15, 0.2) is 23.3 Å². The van der Waals surface area contributed by atoms with Gasteiger partial charge in [-0.2, -0.15) is 4.98 Å². The Bertz CT molecular complexity index is 903. The molecule has 2 aliphatic rings. The van der Waals surface area contributed by atoms with Crippen LogP contribution in [0, 0.1) is 12.8 Å². The number of amides is 1. The summed E-state index contributed by atoms with van der Waals surface area (Å²) in [6.07, 6.45) is 3.89. The van der Waals surface area contributed by atoms with Crippen molar-refractivity contribution in [3.63, 3.8) is 0 Å². The molecule has 1 aliphatic carbocycles. The van der Waals surface area contributed by atoms with Gasteiger partial charge >= 0.3 is 0 Å². The van der Waals surface area contributed by atoms with Crippen molar-refractivity contribution in [2.75, 3.05) is 11.4 Å². The highest BCUT2D eigenvalue weighted by atomic mass is 32.1. The number of anilines is 1. The summed E-state index contributed by atoms with van der Waals surface area (Å²) < 4.78 is 1.04. The van der Waals surface area contributed by atoms with Gasteiger partial charge in [-0.25, -0.2) is 9.98 Å². The van der Waals surface area contributed by atoms with E-state index in [9.17, 15) is 0 Å². The summed E-state index contributed by atoms with van der Waals surface area (Å²) >= 11 is 1.69. The van der Waals surface area contributed by atoms with E-state index in [1.807, 2.05) is 6.92 Å². The molecule has 1 saturated heterocycles. The van der Waals surface area contributed by atoms with Gasteiger partial charge in [0.05, 0.1) is 10.2 Å². The average Bonchev–Trinajstić information content (AvgIpc) is 3.41. The maximum Gasteiger partial charge on any atom is 0.228 e. The predicted octanol–water partition coefficient (Wildman–Crippen LogP) is 2.77. The topological polar surface area (TPSA) is 109 Å². The Kier molecular flexibility index (Phi) is 6.13. The third-order valence-electron chi connectivity index (χ3n) is 4.79. The Morgan fingerprint density at radius 2 is 2.11 bits per heavy atom. The zero-order chi connectivity index (χ0) is 20.3. The number of nitrogens with two attached hydrogens (primary N) is 1. The van der Waals surface area contributed by atoms with Crippen LogP contribution in [-0.2, 0) is 4.79 Å². The van der Waals surface area contributed by atoms with E-state index in [-0.39, 0.29) is 6.41 Å². The van der Waals surface area contributed by atoms with E-state index >= 15 is 0 Å². The zero-order valence-corrected chi connectivity index (χ0v) is 17.3. The van der Waals surface area contributed by atoms with Gasteiger partial charge in [0.1, 0.15) is 5.84 Å². The highest BCUT2D eigenvalue weighted by Crippen LogP contribution is 2.35. The number of aryl methyl sites for hydroxylation is 1. The lowest BCUT2D eigenvalue weighted by Crippen LogP contribution is -2.46. The minimum Gasteiger partial charge on any atom is -0.372 e. The quantitative estimate of drug-likeness (QED) is 0.308. The molecule has 4 N–H and O–H groups in total. The summed E-state index contributed by atoms with van der Waals surface area (Å²) in [7, 11) is 0. The first kappa shape index (κ1) is 20.1. The second-order valence-electron chi connectivity index (χ2n) is 7.13. The van der Waals surface area contributed by atoms with Gasteiger partial charge in [-0.1, -0.05) is 6.58 Å². The molecule has 0 radical (unpaired) electrons. The fourth-order valence-electron chi connectivity index (χ4n) is 2.93. The molecule has 1 atom stereocenters. The van der Waals surface area contributed by atoms with Crippen LogP contribution in [0.4, 0.5) is 11.8 Å².